The lowest BCUT2D eigenvalue weighted by atomic mass is 10.1. The van der Waals surface area contributed by atoms with Crippen LogP contribution in [0.4, 0.5) is 0 Å². The minimum atomic E-state index is -0.529. The van der Waals surface area contributed by atoms with Crippen LogP contribution in [-0.2, 0) is 9.53 Å². The van der Waals surface area contributed by atoms with Gasteiger partial charge in [-0.05, 0) is 19.9 Å². The van der Waals surface area contributed by atoms with Gasteiger partial charge in [0.15, 0.2) is 0 Å². The van der Waals surface area contributed by atoms with E-state index in [1.54, 1.807) is 4.90 Å². The Kier molecular flexibility index (Phi) is 3.78. The van der Waals surface area contributed by atoms with E-state index in [0.29, 0.717) is 19.7 Å². The highest BCUT2D eigenvalue weighted by Crippen LogP contribution is 2.19. The summed E-state index contributed by atoms with van der Waals surface area (Å²) in [7, 11) is 0. The van der Waals surface area contributed by atoms with E-state index >= 15 is 0 Å². The third kappa shape index (κ3) is 2.36. The van der Waals surface area contributed by atoms with Crippen LogP contribution in [0.1, 0.15) is 13.3 Å². The minimum absolute atomic E-state index is 0.0903. The predicted molar refractivity (Wildman–Crippen MR) is 59.0 cm³/mol. The first kappa shape index (κ1) is 11.8. The van der Waals surface area contributed by atoms with E-state index in [1.165, 1.54) is 0 Å². The fourth-order valence-electron chi connectivity index (χ4n) is 2.44. The Hall–Kier alpha value is -0.650. The second-order valence-corrected chi connectivity index (χ2v) is 4.49. The molecule has 3 atom stereocenters. The molecule has 0 aliphatic carbocycles. The Bertz CT molecular complexity index is 254. The zero-order chi connectivity index (χ0) is 11.5. The molecule has 5 nitrogen and oxygen atoms in total. The lowest BCUT2D eigenvalue weighted by Crippen LogP contribution is -2.36. The molecule has 16 heavy (non-hydrogen) atoms. The zero-order valence-corrected chi connectivity index (χ0v) is 9.69. The first-order chi connectivity index (χ1) is 7.72. The topological polar surface area (TPSA) is 61.8 Å². The molecule has 0 aromatic carbocycles. The Labute approximate surface area is 95.8 Å². The molecular weight excluding hydrogens is 208 g/mol. The molecule has 0 spiro atoms. The van der Waals surface area contributed by atoms with Crippen LogP contribution < -0.4 is 5.32 Å². The van der Waals surface area contributed by atoms with Gasteiger partial charge >= 0.3 is 0 Å². The number of aliphatic hydroxyl groups is 1. The number of amides is 1. The summed E-state index contributed by atoms with van der Waals surface area (Å²) in [6, 6.07) is 0. The predicted octanol–water partition coefficient (Wildman–Crippen LogP) is -0.796. The molecule has 5 heteroatoms. The number of ether oxygens (including phenoxy) is 1. The minimum Gasteiger partial charge on any atom is -0.388 e. The number of hydrogen-bond acceptors (Lipinski definition) is 4. The van der Waals surface area contributed by atoms with Gasteiger partial charge in [-0.2, -0.15) is 0 Å². The average molecular weight is 228 g/mol. The van der Waals surface area contributed by atoms with E-state index in [0.717, 1.165) is 19.5 Å². The van der Waals surface area contributed by atoms with Crippen molar-refractivity contribution in [3.05, 3.63) is 0 Å². The maximum atomic E-state index is 12.1. The van der Waals surface area contributed by atoms with Gasteiger partial charge in [0.25, 0.3) is 0 Å². The number of aliphatic hydroxyl groups excluding tert-OH is 1. The number of hydrogen-bond donors (Lipinski definition) is 2. The molecular formula is C11H20N2O3. The van der Waals surface area contributed by atoms with Gasteiger partial charge in [0.2, 0.25) is 5.91 Å². The summed E-state index contributed by atoms with van der Waals surface area (Å²) >= 11 is 0. The van der Waals surface area contributed by atoms with Gasteiger partial charge in [0.1, 0.15) is 6.10 Å². The molecule has 2 saturated heterocycles. The molecule has 2 fully saturated rings. The number of rotatable bonds is 3. The van der Waals surface area contributed by atoms with Crippen molar-refractivity contribution in [1.29, 1.82) is 0 Å². The second kappa shape index (κ2) is 5.12. The highest BCUT2D eigenvalue weighted by atomic mass is 16.5. The molecule has 0 radical (unpaired) electrons. The maximum absolute atomic E-state index is 12.1. The molecule has 2 rings (SSSR count). The molecule has 0 aromatic rings. The van der Waals surface area contributed by atoms with E-state index < -0.39 is 6.10 Å². The van der Waals surface area contributed by atoms with Gasteiger partial charge in [-0.15, -0.1) is 0 Å². The molecule has 0 bridgehead atoms. The quantitative estimate of drug-likeness (QED) is 0.664. The first-order valence-corrected chi connectivity index (χ1v) is 6.01. The molecule has 1 amide bonds. The SMILES string of the molecule is CCO[C@@H]1CN(C(=O)[C@@H]2CCNC2)C[C@H]1O. The van der Waals surface area contributed by atoms with Gasteiger partial charge in [0, 0.05) is 26.2 Å². The van der Waals surface area contributed by atoms with Crippen LogP contribution in [-0.4, -0.2) is 60.9 Å². The third-order valence-electron chi connectivity index (χ3n) is 3.34. The highest BCUT2D eigenvalue weighted by Gasteiger charge is 2.37. The van der Waals surface area contributed by atoms with Crippen LogP contribution in [0.15, 0.2) is 0 Å². The largest absolute Gasteiger partial charge is 0.388 e. The van der Waals surface area contributed by atoms with Crippen molar-refractivity contribution in [1.82, 2.24) is 10.2 Å². The molecule has 2 aliphatic rings. The summed E-state index contributed by atoms with van der Waals surface area (Å²) in [6.45, 7) is 5.11. The molecule has 0 saturated carbocycles. The second-order valence-electron chi connectivity index (χ2n) is 4.49. The number of nitrogens with zero attached hydrogens (tertiary/aromatic N) is 1. The van der Waals surface area contributed by atoms with Crippen LogP contribution in [0, 0.1) is 5.92 Å². The van der Waals surface area contributed by atoms with Crippen LogP contribution in [0.2, 0.25) is 0 Å². The van der Waals surface area contributed by atoms with Crippen molar-refractivity contribution in [2.45, 2.75) is 25.6 Å². The van der Waals surface area contributed by atoms with Crippen LogP contribution in [0.3, 0.4) is 0 Å². The average Bonchev–Trinajstić information content (AvgIpc) is 2.88. The summed E-state index contributed by atoms with van der Waals surface area (Å²) in [4.78, 5) is 13.8. The van der Waals surface area contributed by atoms with Gasteiger partial charge in [0.05, 0.1) is 12.0 Å². The zero-order valence-electron chi connectivity index (χ0n) is 9.69. The number of carbonyl (C=O) groups excluding carboxylic acids is 1. The standard InChI is InChI=1S/C11H20N2O3/c1-2-16-10-7-13(6-9(10)14)11(15)8-3-4-12-5-8/h8-10,12,14H,2-7H2,1H3/t8-,9-,10-/m1/s1. The van der Waals surface area contributed by atoms with E-state index in [-0.39, 0.29) is 17.9 Å². The van der Waals surface area contributed by atoms with E-state index in [2.05, 4.69) is 5.32 Å². The van der Waals surface area contributed by atoms with Crippen molar-refractivity contribution in [3.8, 4) is 0 Å². The molecule has 2 N–H and O–H groups in total. The van der Waals surface area contributed by atoms with E-state index in [9.17, 15) is 9.90 Å². The number of likely N-dealkylation sites (tertiary alicyclic amines) is 1. The maximum Gasteiger partial charge on any atom is 0.227 e. The third-order valence-corrected chi connectivity index (χ3v) is 3.34. The number of nitrogens with one attached hydrogen (secondary N) is 1. The summed E-state index contributed by atoms with van der Waals surface area (Å²) in [5.41, 5.74) is 0. The molecule has 0 unspecified atom stereocenters. The fraction of sp³-hybridized carbons (Fsp3) is 0.909. The molecule has 92 valence electrons. The summed E-state index contributed by atoms with van der Waals surface area (Å²) in [5, 5.41) is 12.9. The van der Waals surface area contributed by atoms with Crippen LogP contribution in [0.5, 0.6) is 0 Å². The van der Waals surface area contributed by atoms with E-state index in [4.69, 9.17) is 4.74 Å². The van der Waals surface area contributed by atoms with Crippen molar-refractivity contribution < 1.29 is 14.6 Å². The lowest BCUT2D eigenvalue weighted by molar-refractivity contribution is -0.134. The smallest absolute Gasteiger partial charge is 0.227 e. The van der Waals surface area contributed by atoms with E-state index in [1.807, 2.05) is 6.92 Å². The summed E-state index contributed by atoms with van der Waals surface area (Å²) in [5.74, 6) is 0.249. The molecule has 2 aliphatic heterocycles. The Morgan fingerprint density at radius 3 is 3.00 bits per heavy atom. The lowest BCUT2D eigenvalue weighted by Gasteiger charge is -2.19. The number of β-amino-alcohol motifs (C(OH)–C–C–N with tert-alkyl or cyclic N) is 1. The summed E-state index contributed by atoms with van der Waals surface area (Å²) < 4.78 is 5.40. The van der Waals surface area contributed by atoms with Crippen molar-refractivity contribution in [2.24, 2.45) is 5.92 Å². The Morgan fingerprint density at radius 1 is 1.56 bits per heavy atom. The van der Waals surface area contributed by atoms with Crippen LogP contribution in [0.25, 0.3) is 0 Å². The van der Waals surface area contributed by atoms with Crippen LogP contribution >= 0.6 is 0 Å². The van der Waals surface area contributed by atoms with Gasteiger partial charge < -0.3 is 20.1 Å². The fourth-order valence-corrected chi connectivity index (χ4v) is 2.44. The molecule has 0 aromatic heterocycles. The van der Waals surface area contributed by atoms with Gasteiger partial charge in [-0.3, -0.25) is 4.79 Å². The Balaban J connectivity index is 1.88. The van der Waals surface area contributed by atoms with Gasteiger partial charge in [-0.25, -0.2) is 0 Å². The first-order valence-electron chi connectivity index (χ1n) is 6.01. The Morgan fingerprint density at radius 2 is 2.38 bits per heavy atom. The number of carbonyl (C=O) groups is 1. The van der Waals surface area contributed by atoms with Gasteiger partial charge in [-0.1, -0.05) is 0 Å². The normalized spacial score (nSPS) is 34.6. The van der Waals surface area contributed by atoms with Crippen molar-refractivity contribution >= 4 is 5.91 Å². The molecule has 2 heterocycles. The van der Waals surface area contributed by atoms with Crippen molar-refractivity contribution in [3.63, 3.8) is 0 Å². The van der Waals surface area contributed by atoms with Crippen molar-refractivity contribution in [2.75, 3.05) is 32.8 Å². The summed E-state index contributed by atoms with van der Waals surface area (Å²) in [6.07, 6.45) is 0.173. The monoisotopic (exact) mass is 228 g/mol. The highest BCUT2D eigenvalue weighted by molar-refractivity contribution is 5.79.